The Balaban J connectivity index is 1.98. The van der Waals surface area contributed by atoms with Gasteiger partial charge in [-0.2, -0.15) is 0 Å². The van der Waals surface area contributed by atoms with Crippen molar-refractivity contribution in [2.45, 2.75) is 32.9 Å². The predicted octanol–water partition coefficient (Wildman–Crippen LogP) is 1.81. The molecule has 0 saturated carbocycles. The van der Waals surface area contributed by atoms with E-state index in [1.807, 2.05) is 6.92 Å². The van der Waals surface area contributed by atoms with Gasteiger partial charge in [0.25, 0.3) is 0 Å². The van der Waals surface area contributed by atoms with Crippen molar-refractivity contribution in [3.8, 4) is 0 Å². The SMILES string of the molecule is CCC(O)c1cn(CC(=O)Nc2ccc(C)c(F)c2)nn1. The minimum atomic E-state index is -0.687. The molecule has 2 N–H and O–H groups in total. The van der Waals surface area contributed by atoms with Crippen LogP contribution in [0, 0.1) is 12.7 Å². The summed E-state index contributed by atoms with van der Waals surface area (Å²) in [7, 11) is 0. The minimum Gasteiger partial charge on any atom is -0.387 e. The van der Waals surface area contributed by atoms with E-state index in [0.717, 1.165) is 0 Å². The molecule has 6 nitrogen and oxygen atoms in total. The fourth-order valence-corrected chi connectivity index (χ4v) is 1.77. The van der Waals surface area contributed by atoms with Crippen LogP contribution in [0.1, 0.15) is 30.7 Å². The number of carbonyl (C=O) groups is 1. The zero-order chi connectivity index (χ0) is 15.4. The molecule has 0 fully saturated rings. The van der Waals surface area contributed by atoms with E-state index in [1.165, 1.54) is 16.9 Å². The largest absolute Gasteiger partial charge is 0.387 e. The number of halogens is 1. The molecule has 1 aromatic heterocycles. The topological polar surface area (TPSA) is 80.0 Å². The van der Waals surface area contributed by atoms with Crippen LogP contribution in [0.15, 0.2) is 24.4 Å². The van der Waals surface area contributed by atoms with Crippen molar-refractivity contribution >= 4 is 11.6 Å². The number of anilines is 1. The summed E-state index contributed by atoms with van der Waals surface area (Å²) in [5.41, 5.74) is 1.33. The summed E-state index contributed by atoms with van der Waals surface area (Å²) in [4.78, 5) is 11.8. The second kappa shape index (κ2) is 6.45. The molecule has 0 radical (unpaired) electrons. The van der Waals surface area contributed by atoms with Crippen LogP contribution in [-0.4, -0.2) is 26.0 Å². The first-order valence-electron chi connectivity index (χ1n) is 6.63. The van der Waals surface area contributed by atoms with Gasteiger partial charge in [0.2, 0.25) is 5.91 Å². The summed E-state index contributed by atoms with van der Waals surface area (Å²) in [6.07, 6.45) is 1.35. The summed E-state index contributed by atoms with van der Waals surface area (Å²) in [5, 5.41) is 19.8. The van der Waals surface area contributed by atoms with E-state index in [1.54, 1.807) is 19.1 Å². The van der Waals surface area contributed by atoms with Crippen molar-refractivity contribution in [3.63, 3.8) is 0 Å². The zero-order valence-corrected chi connectivity index (χ0v) is 11.9. The Morgan fingerprint density at radius 3 is 2.95 bits per heavy atom. The van der Waals surface area contributed by atoms with Crippen molar-refractivity contribution < 1.29 is 14.3 Å². The highest BCUT2D eigenvalue weighted by Crippen LogP contribution is 2.14. The van der Waals surface area contributed by atoms with Crippen LogP contribution in [0.5, 0.6) is 0 Å². The molecule has 7 heteroatoms. The van der Waals surface area contributed by atoms with Gasteiger partial charge in [-0.05, 0) is 31.0 Å². The molecule has 0 bridgehead atoms. The third kappa shape index (κ3) is 3.85. The van der Waals surface area contributed by atoms with Gasteiger partial charge in [-0.15, -0.1) is 5.10 Å². The molecule has 0 aliphatic carbocycles. The third-order valence-electron chi connectivity index (χ3n) is 3.05. The van der Waals surface area contributed by atoms with E-state index in [4.69, 9.17) is 0 Å². The number of benzene rings is 1. The van der Waals surface area contributed by atoms with Crippen molar-refractivity contribution in [2.24, 2.45) is 0 Å². The first-order valence-corrected chi connectivity index (χ1v) is 6.63. The molecule has 1 amide bonds. The molecule has 112 valence electrons. The average molecular weight is 292 g/mol. The zero-order valence-electron chi connectivity index (χ0n) is 11.9. The molecule has 1 heterocycles. The van der Waals surface area contributed by atoms with E-state index in [9.17, 15) is 14.3 Å². The molecule has 0 aliphatic heterocycles. The minimum absolute atomic E-state index is 0.0566. The number of aryl methyl sites for hydroxylation is 1. The van der Waals surface area contributed by atoms with Crippen LogP contribution in [0.25, 0.3) is 0 Å². The number of carbonyl (C=O) groups excluding carboxylic acids is 1. The Hall–Kier alpha value is -2.28. The molecule has 0 spiro atoms. The van der Waals surface area contributed by atoms with Gasteiger partial charge in [0.05, 0.1) is 12.3 Å². The van der Waals surface area contributed by atoms with E-state index >= 15 is 0 Å². The quantitative estimate of drug-likeness (QED) is 0.880. The molecule has 1 unspecified atom stereocenters. The number of hydrogen-bond acceptors (Lipinski definition) is 4. The van der Waals surface area contributed by atoms with Crippen molar-refractivity contribution in [1.29, 1.82) is 0 Å². The van der Waals surface area contributed by atoms with Crippen LogP contribution in [0.3, 0.4) is 0 Å². The average Bonchev–Trinajstić information content (AvgIpc) is 2.90. The van der Waals surface area contributed by atoms with Gasteiger partial charge in [-0.1, -0.05) is 18.2 Å². The van der Waals surface area contributed by atoms with Gasteiger partial charge in [0, 0.05) is 5.69 Å². The molecule has 2 aromatic rings. The van der Waals surface area contributed by atoms with Gasteiger partial charge >= 0.3 is 0 Å². The second-order valence-corrected chi connectivity index (χ2v) is 4.78. The summed E-state index contributed by atoms with van der Waals surface area (Å²) >= 11 is 0. The molecule has 1 aromatic carbocycles. The Kier molecular flexibility index (Phi) is 4.64. The smallest absolute Gasteiger partial charge is 0.246 e. The maximum absolute atomic E-state index is 13.4. The highest BCUT2D eigenvalue weighted by molar-refractivity contribution is 5.90. The molecule has 0 aliphatic rings. The number of hydrogen-bond donors (Lipinski definition) is 2. The number of aliphatic hydroxyl groups excluding tert-OH is 1. The first-order chi connectivity index (χ1) is 9.99. The molecule has 2 rings (SSSR count). The maximum atomic E-state index is 13.4. The van der Waals surface area contributed by atoms with Gasteiger partial charge in [-0.25, -0.2) is 9.07 Å². The van der Waals surface area contributed by atoms with Gasteiger partial charge in [0.1, 0.15) is 18.1 Å². The molecular weight excluding hydrogens is 275 g/mol. The summed E-state index contributed by atoms with van der Waals surface area (Å²) in [5.74, 6) is -0.720. The van der Waals surface area contributed by atoms with Crippen LogP contribution in [0.2, 0.25) is 0 Å². The first kappa shape index (κ1) is 15.1. The summed E-state index contributed by atoms with van der Waals surface area (Å²) in [6.45, 7) is 3.41. The molecule has 1 atom stereocenters. The van der Waals surface area contributed by atoms with E-state index in [0.29, 0.717) is 23.4 Å². The van der Waals surface area contributed by atoms with E-state index < -0.39 is 6.10 Å². The van der Waals surface area contributed by atoms with Crippen LogP contribution in [0.4, 0.5) is 10.1 Å². The van der Waals surface area contributed by atoms with Crippen molar-refractivity contribution in [3.05, 3.63) is 41.5 Å². The van der Waals surface area contributed by atoms with Gasteiger partial charge in [-0.3, -0.25) is 4.79 Å². The number of aromatic nitrogens is 3. The van der Waals surface area contributed by atoms with Gasteiger partial charge < -0.3 is 10.4 Å². The van der Waals surface area contributed by atoms with Crippen LogP contribution in [-0.2, 0) is 11.3 Å². The standard InChI is InChI=1S/C14H17FN4O2/c1-3-13(20)12-7-19(18-17-12)8-14(21)16-10-5-4-9(2)11(15)6-10/h4-7,13,20H,3,8H2,1-2H3,(H,16,21). The summed E-state index contributed by atoms with van der Waals surface area (Å²) < 4.78 is 14.7. The number of nitrogens with zero attached hydrogens (tertiary/aromatic N) is 3. The van der Waals surface area contributed by atoms with E-state index in [-0.39, 0.29) is 18.3 Å². The fourth-order valence-electron chi connectivity index (χ4n) is 1.77. The van der Waals surface area contributed by atoms with Crippen molar-refractivity contribution in [2.75, 3.05) is 5.32 Å². The predicted molar refractivity (Wildman–Crippen MR) is 75.0 cm³/mol. The number of aliphatic hydroxyl groups is 1. The highest BCUT2D eigenvalue weighted by Gasteiger charge is 2.12. The normalized spacial score (nSPS) is 12.2. The van der Waals surface area contributed by atoms with Crippen LogP contribution < -0.4 is 5.32 Å². The lowest BCUT2D eigenvalue weighted by Crippen LogP contribution is -2.19. The number of rotatable bonds is 5. The lowest BCUT2D eigenvalue weighted by molar-refractivity contribution is -0.116. The van der Waals surface area contributed by atoms with Crippen molar-refractivity contribution in [1.82, 2.24) is 15.0 Å². The monoisotopic (exact) mass is 292 g/mol. The lowest BCUT2D eigenvalue weighted by atomic mass is 10.2. The Labute approximate surface area is 121 Å². The third-order valence-corrected chi connectivity index (χ3v) is 3.05. The maximum Gasteiger partial charge on any atom is 0.246 e. The number of amides is 1. The Morgan fingerprint density at radius 1 is 1.52 bits per heavy atom. The second-order valence-electron chi connectivity index (χ2n) is 4.78. The van der Waals surface area contributed by atoms with E-state index in [2.05, 4.69) is 15.6 Å². The highest BCUT2D eigenvalue weighted by atomic mass is 19.1. The fraction of sp³-hybridized carbons (Fsp3) is 0.357. The summed E-state index contributed by atoms with van der Waals surface area (Å²) in [6, 6.07) is 4.49. The van der Waals surface area contributed by atoms with Gasteiger partial charge in [0.15, 0.2) is 0 Å². The molecule has 21 heavy (non-hydrogen) atoms. The molecular formula is C14H17FN4O2. The lowest BCUT2D eigenvalue weighted by Gasteiger charge is -2.06. The Bertz CT molecular complexity index is 642. The Morgan fingerprint density at radius 2 is 2.29 bits per heavy atom. The molecule has 0 saturated heterocycles. The van der Waals surface area contributed by atoms with Crippen LogP contribution >= 0.6 is 0 Å². The number of nitrogens with one attached hydrogen (secondary N) is 1.